The highest BCUT2D eigenvalue weighted by atomic mass is 19.4. The van der Waals surface area contributed by atoms with E-state index in [2.05, 4.69) is 5.32 Å². The smallest absolute Gasteiger partial charge is 0.416 e. The molecular weight excluding hydrogens is 465 g/mol. The van der Waals surface area contributed by atoms with Crippen LogP contribution >= 0.6 is 0 Å². The van der Waals surface area contributed by atoms with Gasteiger partial charge in [-0.1, -0.05) is 12.1 Å². The molecule has 0 spiro atoms. The number of likely N-dealkylation sites (tertiary alicyclic amines) is 1. The van der Waals surface area contributed by atoms with Crippen molar-refractivity contribution < 1.29 is 37.0 Å². The fraction of sp³-hybridized carbons (Fsp3) is 0.400. The Morgan fingerprint density at radius 2 is 1.83 bits per heavy atom. The quantitative estimate of drug-likeness (QED) is 0.591. The molecule has 0 radical (unpaired) electrons. The second kappa shape index (κ2) is 9.97. The molecule has 1 atom stereocenters. The van der Waals surface area contributed by atoms with Gasteiger partial charge in [-0.25, -0.2) is 0 Å². The predicted octanol–water partition coefficient (Wildman–Crippen LogP) is 4.09. The molecule has 2 aromatic rings. The number of amides is 3. The van der Waals surface area contributed by atoms with E-state index in [-0.39, 0.29) is 30.2 Å². The molecule has 3 amide bonds. The van der Waals surface area contributed by atoms with Gasteiger partial charge in [0.1, 0.15) is 6.04 Å². The molecule has 10 heteroatoms. The summed E-state index contributed by atoms with van der Waals surface area (Å²) in [6.45, 7) is -0.310. The number of imide groups is 1. The summed E-state index contributed by atoms with van der Waals surface area (Å²) in [5, 5.41) is 2.56. The van der Waals surface area contributed by atoms with Gasteiger partial charge in [0.15, 0.2) is 11.5 Å². The van der Waals surface area contributed by atoms with Crippen LogP contribution in [0.15, 0.2) is 42.5 Å². The maximum absolute atomic E-state index is 13.0. The van der Waals surface area contributed by atoms with Crippen LogP contribution in [-0.4, -0.2) is 41.9 Å². The summed E-state index contributed by atoms with van der Waals surface area (Å²) in [5.41, 5.74) is -0.471. The highest BCUT2D eigenvalue weighted by Gasteiger charge is 2.40. The zero-order valence-corrected chi connectivity index (χ0v) is 19.1. The molecule has 1 saturated carbocycles. The van der Waals surface area contributed by atoms with Crippen LogP contribution in [0.25, 0.3) is 0 Å². The summed E-state index contributed by atoms with van der Waals surface area (Å²) in [7, 11) is 1.50. The Morgan fingerprint density at radius 1 is 1.09 bits per heavy atom. The molecule has 186 valence electrons. The number of hydrogen-bond donors (Lipinski definition) is 1. The van der Waals surface area contributed by atoms with Gasteiger partial charge in [0.25, 0.3) is 11.8 Å². The summed E-state index contributed by atoms with van der Waals surface area (Å²) in [6.07, 6.45) is -0.792. The molecule has 35 heavy (non-hydrogen) atoms. The number of methoxy groups -OCH3 is 1. The number of alkyl halides is 3. The van der Waals surface area contributed by atoms with Gasteiger partial charge >= 0.3 is 6.18 Å². The fourth-order valence-electron chi connectivity index (χ4n) is 4.33. The fourth-order valence-corrected chi connectivity index (χ4v) is 4.33. The van der Waals surface area contributed by atoms with Gasteiger partial charge < -0.3 is 14.8 Å². The largest absolute Gasteiger partial charge is 0.493 e. The van der Waals surface area contributed by atoms with Crippen molar-refractivity contribution in [3.63, 3.8) is 0 Å². The van der Waals surface area contributed by atoms with Crippen molar-refractivity contribution in [1.29, 1.82) is 0 Å². The van der Waals surface area contributed by atoms with Crippen LogP contribution in [0.4, 0.5) is 13.2 Å². The van der Waals surface area contributed by atoms with Crippen molar-refractivity contribution >= 4 is 17.7 Å². The van der Waals surface area contributed by atoms with Gasteiger partial charge in [-0.15, -0.1) is 0 Å². The Hall–Kier alpha value is -3.56. The van der Waals surface area contributed by atoms with Crippen molar-refractivity contribution in [2.45, 2.75) is 57.0 Å². The lowest BCUT2D eigenvalue weighted by Gasteiger charge is -2.18. The third kappa shape index (κ3) is 5.58. The number of rotatable bonds is 7. The molecule has 1 heterocycles. The zero-order chi connectivity index (χ0) is 25.2. The third-order valence-corrected chi connectivity index (χ3v) is 6.17. The van der Waals surface area contributed by atoms with Gasteiger partial charge in [0, 0.05) is 5.56 Å². The van der Waals surface area contributed by atoms with Crippen molar-refractivity contribution in [2.75, 3.05) is 7.11 Å². The minimum absolute atomic E-state index is 0.0423. The summed E-state index contributed by atoms with van der Waals surface area (Å²) < 4.78 is 50.3. The monoisotopic (exact) mass is 490 g/mol. The topological polar surface area (TPSA) is 84.9 Å². The van der Waals surface area contributed by atoms with E-state index < -0.39 is 35.5 Å². The van der Waals surface area contributed by atoms with E-state index in [1.807, 2.05) is 0 Å². The van der Waals surface area contributed by atoms with Gasteiger partial charge in [0.2, 0.25) is 5.91 Å². The van der Waals surface area contributed by atoms with Crippen LogP contribution in [0.2, 0.25) is 0 Å². The summed E-state index contributed by atoms with van der Waals surface area (Å²) >= 11 is 0. The molecule has 2 aliphatic rings. The molecule has 1 unspecified atom stereocenters. The van der Waals surface area contributed by atoms with Gasteiger partial charge in [0.05, 0.1) is 31.7 Å². The highest BCUT2D eigenvalue weighted by molar-refractivity contribution is 6.08. The van der Waals surface area contributed by atoms with E-state index in [4.69, 9.17) is 9.47 Å². The number of nitrogens with zero attached hydrogens (tertiary/aromatic N) is 1. The molecule has 0 aromatic heterocycles. The first-order valence-electron chi connectivity index (χ1n) is 11.3. The molecule has 1 saturated heterocycles. The van der Waals surface area contributed by atoms with Crippen LogP contribution < -0.4 is 14.8 Å². The predicted molar refractivity (Wildman–Crippen MR) is 119 cm³/mol. The van der Waals surface area contributed by atoms with Crippen molar-refractivity contribution in [3.8, 4) is 11.5 Å². The molecule has 2 aromatic carbocycles. The molecular formula is C25H25F3N2O5. The lowest BCUT2D eigenvalue weighted by atomic mass is 10.1. The Balaban J connectivity index is 1.44. The van der Waals surface area contributed by atoms with Gasteiger partial charge in [-0.2, -0.15) is 13.2 Å². The Bertz CT molecular complexity index is 1130. The maximum atomic E-state index is 13.0. The SMILES string of the molecule is COc1ccc(C(=O)NC2CC(=O)N(Cc3cccc(C(F)(F)F)c3)C2=O)cc1OC1CCCC1. The average Bonchev–Trinajstić information content (AvgIpc) is 3.42. The number of hydrogen-bond acceptors (Lipinski definition) is 5. The highest BCUT2D eigenvalue weighted by Crippen LogP contribution is 2.33. The first kappa shape index (κ1) is 24.6. The number of carbonyl (C=O) groups excluding carboxylic acids is 3. The molecule has 1 N–H and O–H groups in total. The minimum atomic E-state index is -4.54. The van der Waals surface area contributed by atoms with E-state index in [1.165, 1.54) is 31.4 Å². The first-order valence-corrected chi connectivity index (χ1v) is 11.3. The van der Waals surface area contributed by atoms with Crippen molar-refractivity contribution in [1.82, 2.24) is 10.2 Å². The van der Waals surface area contributed by atoms with Crippen LogP contribution in [0.1, 0.15) is 53.6 Å². The van der Waals surface area contributed by atoms with E-state index in [0.717, 1.165) is 42.7 Å². The van der Waals surface area contributed by atoms with Crippen LogP contribution in [0.3, 0.4) is 0 Å². The molecule has 1 aliphatic heterocycles. The maximum Gasteiger partial charge on any atom is 0.416 e. The summed E-state index contributed by atoms with van der Waals surface area (Å²) in [4.78, 5) is 38.9. The molecule has 7 nitrogen and oxygen atoms in total. The van der Waals surface area contributed by atoms with Crippen LogP contribution in [0.5, 0.6) is 11.5 Å². The van der Waals surface area contributed by atoms with Crippen LogP contribution in [0, 0.1) is 0 Å². The standard InChI is InChI=1S/C25H25F3N2O5/c1-34-20-10-9-16(12-21(20)35-18-7-2-3-8-18)23(32)29-19-13-22(31)30(24(19)33)14-15-5-4-6-17(11-15)25(26,27)28/h4-6,9-12,18-19H,2-3,7-8,13-14H2,1H3,(H,29,32). The molecule has 1 aliphatic carbocycles. The van der Waals surface area contributed by atoms with E-state index in [0.29, 0.717) is 11.5 Å². The molecule has 0 bridgehead atoms. The number of nitrogens with one attached hydrogen (secondary N) is 1. The minimum Gasteiger partial charge on any atom is -0.493 e. The molecule has 2 fully saturated rings. The Labute approximate surface area is 200 Å². The third-order valence-electron chi connectivity index (χ3n) is 6.17. The number of halogens is 3. The Morgan fingerprint density at radius 3 is 2.51 bits per heavy atom. The van der Waals surface area contributed by atoms with E-state index >= 15 is 0 Å². The van der Waals surface area contributed by atoms with Crippen molar-refractivity contribution in [2.24, 2.45) is 0 Å². The normalized spacial score (nSPS) is 18.7. The Kier molecular flexibility index (Phi) is 7.00. The van der Waals surface area contributed by atoms with Crippen LogP contribution in [-0.2, 0) is 22.3 Å². The zero-order valence-electron chi connectivity index (χ0n) is 19.1. The number of ether oxygens (including phenoxy) is 2. The second-order valence-corrected chi connectivity index (χ2v) is 8.64. The van der Waals surface area contributed by atoms with E-state index in [9.17, 15) is 27.6 Å². The first-order chi connectivity index (χ1) is 16.7. The van der Waals surface area contributed by atoms with Gasteiger partial charge in [-0.3, -0.25) is 19.3 Å². The summed E-state index contributed by atoms with van der Waals surface area (Å²) in [5.74, 6) is -0.912. The number of carbonyl (C=O) groups is 3. The lowest BCUT2D eigenvalue weighted by Crippen LogP contribution is -2.41. The number of benzene rings is 2. The average molecular weight is 490 g/mol. The van der Waals surface area contributed by atoms with E-state index in [1.54, 1.807) is 6.07 Å². The lowest BCUT2D eigenvalue weighted by molar-refractivity contribution is -0.139. The summed E-state index contributed by atoms with van der Waals surface area (Å²) in [6, 6.07) is 7.99. The second-order valence-electron chi connectivity index (χ2n) is 8.64. The van der Waals surface area contributed by atoms with Crippen molar-refractivity contribution in [3.05, 3.63) is 59.2 Å². The molecule has 4 rings (SSSR count). The van der Waals surface area contributed by atoms with Gasteiger partial charge in [-0.05, 0) is 61.6 Å².